The Bertz CT molecular complexity index is 714. The Hall–Kier alpha value is -0.953. The smallest absolute Gasteiger partial charge is 0.365 e. The van der Waals surface area contributed by atoms with E-state index in [1.807, 2.05) is 20.8 Å². The molecule has 0 spiro atoms. The molecule has 0 radical (unpaired) electrons. The molecule has 2 aliphatic rings. The second-order valence-electron chi connectivity index (χ2n) is 11.3. The van der Waals surface area contributed by atoms with Crippen molar-refractivity contribution >= 4 is 14.5 Å². The number of fused-ring (bicyclic) bond motifs is 2. The summed E-state index contributed by atoms with van der Waals surface area (Å²) in [5.74, 6) is 0.682. The molecule has 2 aliphatic heterocycles. The number of cyclic esters (lactones) is 1. The van der Waals surface area contributed by atoms with Gasteiger partial charge in [-0.1, -0.05) is 65.2 Å². The first kappa shape index (κ1) is 31.3. The summed E-state index contributed by atoms with van der Waals surface area (Å²) < 4.78 is 25.2. The quantitative estimate of drug-likeness (QED) is 0.195. The molecular formula is C30H54O5Si. The molecule has 0 N–H and O–H groups in total. The van der Waals surface area contributed by atoms with Gasteiger partial charge in [-0.3, -0.25) is 4.79 Å². The van der Waals surface area contributed by atoms with Gasteiger partial charge < -0.3 is 18.3 Å². The topological polar surface area (TPSA) is 54.0 Å². The maximum atomic E-state index is 12.9. The standard InChI is InChI=1S/C30H54O5Si/c1-9-14-26-20-22(4)19-25(7)29(36(8,32-10-2)33-11-3)18-17-27-21-24(6)28(34-27)16-13-12-15-23(5)30(31)35-26/h18,23-28H,4,9-17,19-21H2,1-3,5-8H3/b29-18-/t23-,24-,25+,26+,27-,28-/m0/s1. The molecule has 2 bridgehead atoms. The van der Waals surface area contributed by atoms with Crippen LogP contribution in [0.5, 0.6) is 0 Å². The van der Waals surface area contributed by atoms with E-state index in [9.17, 15) is 4.79 Å². The maximum absolute atomic E-state index is 12.9. The number of carbonyl (C=O) groups is 1. The van der Waals surface area contributed by atoms with Gasteiger partial charge in [-0.15, -0.1) is 0 Å². The van der Waals surface area contributed by atoms with Gasteiger partial charge in [-0.05, 0) is 76.0 Å². The normalized spacial score (nSPS) is 33.4. The van der Waals surface area contributed by atoms with Gasteiger partial charge in [0.25, 0.3) is 0 Å². The minimum atomic E-state index is -2.54. The minimum absolute atomic E-state index is 0.0609. The monoisotopic (exact) mass is 522 g/mol. The average Bonchev–Trinajstić information content (AvgIpc) is 3.15. The molecule has 0 aliphatic carbocycles. The van der Waals surface area contributed by atoms with E-state index < -0.39 is 8.56 Å². The van der Waals surface area contributed by atoms with Crippen LogP contribution in [0.3, 0.4) is 0 Å². The predicted molar refractivity (Wildman–Crippen MR) is 150 cm³/mol. The van der Waals surface area contributed by atoms with Crippen molar-refractivity contribution in [2.45, 2.75) is 131 Å². The average molecular weight is 523 g/mol. The van der Waals surface area contributed by atoms with Crippen LogP contribution in [-0.2, 0) is 23.1 Å². The zero-order valence-electron chi connectivity index (χ0n) is 24.3. The van der Waals surface area contributed by atoms with Gasteiger partial charge in [0.15, 0.2) is 0 Å². The zero-order chi connectivity index (χ0) is 26.7. The third kappa shape index (κ3) is 9.41. The third-order valence-electron chi connectivity index (χ3n) is 7.91. The molecule has 0 aromatic rings. The van der Waals surface area contributed by atoms with Gasteiger partial charge >= 0.3 is 14.5 Å². The van der Waals surface area contributed by atoms with Gasteiger partial charge in [-0.2, -0.15) is 0 Å². The lowest BCUT2D eigenvalue weighted by Crippen LogP contribution is -2.44. The van der Waals surface area contributed by atoms with Crippen LogP contribution >= 0.6 is 0 Å². The maximum Gasteiger partial charge on any atom is 0.365 e. The fraction of sp³-hybridized carbons (Fsp3) is 0.833. The van der Waals surface area contributed by atoms with Crippen molar-refractivity contribution in [1.82, 2.24) is 0 Å². The molecule has 0 amide bonds. The third-order valence-corrected chi connectivity index (χ3v) is 11.3. The number of esters is 1. The van der Waals surface area contributed by atoms with E-state index in [0.717, 1.165) is 69.8 Å². The lowest BCUT2D eigenvalue weighted by atomic mass is 9.94. The molecule has 5 nitrogen and oxygen atoms in total. The molecule has 6 atom stereocenters. The Labute approximate surface area is 222 Å². The molecule has 6 heteroatoms. The van der Waals surface area contributed by atoms with Crippen LogP contribution in [0.2, 0.25) is 6.55 Å². The van der Waals surface area contributed by atoms with E-state index in [2.05, 4.69) is 40.0 Å². The summed E-state index contributed by atoms with van der Waals surface area (Å²) in [5, 5.41) is 1.30. The van der Waals surface area contributed by atoms with Crippen LogP contribution in [0.25, 0.3) is 0 Å². The first-order chi connectivity index (χ1) is 17.1. The van der Waals surface area contributed by atoms with Crippen molar-refractivity contribution < 1.29 is 23.1 Å². The van der Waals surface area contributed by atoms with E-state index in [1.54, 1.807) is 0 Å². The number of hydrogen-bond acceptors (Lipinski definition) is 5. The Kier molecular flexibility index (Phi) is 13.4. The van der Waals surface area contributed by atoms with E-state index in [4.69, 9.17) is 18.3 Å². The van der Waals surface area contributed by atoms with Crippen LogP contribution in [-0.4, -0.2) is 46.1 Å². The van der Waals surface area contributed by atoms with Crippen molar-refractivity contribution in [2.24, 2.45) is 17.8 Å². The highest BCUT2D eigenvalue weighted by atomic mass is 28.4. The van der Waals surface area contributed by atoms with Crippen LogP contribution in [0.4, 0.5) is 0 Å². The second kappa shape index (κ2) is 15.5. The first-order valence-corrected chi connectivity index (χ1v) is 17.0. The molecule has 1 fully saturated rings. The SMILES string of the molecule is C=C1C[C@@H](CCC)OC(=O)[C@@H](C)CCCC[C@@H]2O[C@@H](C/C=C(\[Si](C)(OCC)OCC)[C@H](C)C1)C[C@@H]2C. The summed E-state index contributed by atoms with van der Waals surface area (Å²) in [7, 11) is -2.54. The summed E-state index contributed by atoms with van der Waals surface area (Å²) in [6.45, 7) is 20.7. The summed E-state index contributed by atoms with van der Waals surface area (Å²) in [6.07, 6.45) is 12.3. The minimum Gasteiger partial charge on any atom is -0.462 e. The lowest BCUT2D eigenvalue weighted by molar-refractivity contribution is -0.154. The molecule has 1 saturated heterocycles. The van der Waals surface area contributed by atoms with Gasteiger partial charge in [0.05, 0.1) is 18.1 Å². The van der Waals surface area contributed by atoms with E-state index in [1.165, 1.54) is 5.20 Å². The number of allylic oxidation sites excluding steroid dienone is 1. The summed E-state index contributed by atoms with van der Waals surface area (Å²) in [4.78, 5) is 12.9. The molecular weight excluding hydrogens is 468 g/mol. The highest BCUT2D eigenvalue weighted by Gasteiger charge is 2.39. The van der Waals surface area contributed by atoms with Gasteiger partial charge in [0.1, 0.15) is 6.10 Å². The van der Waals surface area contributed by atoms with Gasteiger partial charge in [0.2, 0.25) is 0 Å². The molecule has 0 saturated carbocycles. The zero-order valence-corrected chi connectivity index (χ0v) is 25.3. The Balaban J connectivity index is 2.32. The lowest BCUT2D eigenvalue weighted by Gasteiger charge is -2.33. The van der Waals surface area contributed by atoms with Crippen LogP contribution in [0, 0.1) is 17.8 Å². The van der Waals surface area contributed by atoms with Crippen molar-refractivity contribution in [1.29, 1.82) is 0 Å². The second-order valence-corrected chi connectivity index (χ2v) is 14.4. The summed E-state index contributed by atoms with van der Waals surface area (Å²) in [5.41, 5.74) is 1.13. The molecule has 0 aromatic heterocycles. The van der Waals surface area contributed by atoms with E-state index in [0.29, 0.717) is 25.2 Å². The largest absolute Gasteiger partial charge is 0.462 e. The van der Waals surface area contributed by atoms with E-state index >= 15 is 0 Å². The molecule has 0 unspecified atom stereocenters. The fourth-order valence-corrected chi connectivity index (χ4v) is 9.03. The Morgan fingerprint density at radius 3 is 2.33 bits per heavy atom. The van der Waals surface area contributed by atoms with Crippen LogP contribution in [0.1, 0.15) is 106 Å². The number of ether oxygens (including phenoxy) is 2. The highest BCUT2D eigenvalue weighted by Crippen LogP contribution is 2.35. The molecule has 36 heavy (non-hydrogen) atoms. The van der Waals surface area contributed by atoms with E-state index in [-0.39, 0.29) is 30.0 Å². The predicted octanol–water partition coefficient (Wildman–Crippen LogP) is 7.68. The number of carbonyl (C=O) groups excluding carboxylic acids is 1. The summed E-state index contributed by atoms with van der Waals surface area (Å²) in [6, 6.07) is 0. The number of rotatable bonds is 7. The van der Waals surface area contributed by atoms with Crippen molar-refractivity contribution in [3.05, 3.63) is 23.4 Å². The van der Waals surface area contributed by atoms with Crippen molar-refractivity contribution in [3.8, 4) is 0 Å². The van der Waals surface area contributed by atoms with Crippen LogP contribution in [0.15, 0.2) is 23.4 Å². The first-order valence-electron chi connectivity index (χ1n) is 14.6. The fourth-order valence-electron chi connectivity index (χ4n) is 6.03. The molecule has 208 valence electrons. The van der Waals surface area contributed by atoms with Crippen molar-refractivity contribution in [3.63, 3.8) is 0 Å². The molecule has 0 aromatic carbocycles. The van der Waals surface area contributed by atoms with Crippen LogP contribution < -0.4 is 0 Å². The molecule has 2 heterocycles. The Morgan fingerprint density at radius 1 is 1.03 bits per heavy atom. The molecule has 2 rings (SSSR count). The van der Waals surface area contributed by atoms with Crippen molar-refractivity contribution in [2.75, 3.05) is 13.2 Å². The highest BCUT2D eigenvalue weighted by molar-refractivity contribution is 6.73. The number of hydrogen-bond donors (Lipinski definition) is 0. The van der Waals surface area contributed by atoms with Gasteiger partial charge in [-0.25, -0.2) is 0 Å². The summed E-state index contributed by atoms with van der Waals surface area (Å²) >= 11 is 0. The van der Waals surface area contributed by atoms with Gasteiger partial charge in [0, 0.05) is 19.6 Å². The Morgan fingerprint density at radius 2 is 1.69 bits per heavy atom.